The minimum absolute atomic E-state index is 0.174. The minimum Gasteiger partial charge on any atom is -0.392 e. The smallest absolute Gasteiger partial charge is 0.0649 e. The Bertz CT molecular complexity index is 337. The molecular weight excluding hydrogens is 260 g/mol. The highest BCUT2D eigenvalue weighted by molar-refractivity contribution is 5.06. The van der Waals surface area contributed by atoms with Crippen LogP contribution in [0.1, 0.15) is 66.2 Å². The van der Waals surface area contributed by atoms with E-state index in [1.54, 1.807) is 0 Å². The van der Waals surface area contributed by atoms with Crippen LogP contribution in [0.2, 0.25) is 0 Å². The van der Waals surface area contributed by atoms with Crippen molar-refractivity contribution in [2.24, 2.45) is 0 Å². The summed E-state index contributed by atoms with van der Waals surface area (Å²) < 4.78 is 5.54. The van der Waals surface area contributed by atoms with Crippen LogP contribution in [0, 0.1) is 0 Å². The number of rotatable bonds is 12. The van der Waals surface area contributed by atoms with Gasteiger partial charge in [-0.3, -0.25) is 0 Å². The van der Waals surface area contributed by atoms with Gasteiger partial charge in [0, 0.05) is 6.61 Å². The second-order valence-corrected chi connectivity index (χ2v) is 5.82. The molecule has 0 rings (SSSR count). The van der Waals surface area contributed by atoms with Gasteiger partial charge in [0.05, 0.1) is 13.2 Å². The van der Waals surface area contributed by atoms with E-state index in [1.165, 1.54) is 17.6 Å². The number of ether oxygens (including phenoxy) is 1. The maximum absolute atomic E-state index is 8.92. The van der Waals surface area contributed by atoms with Crippen molar-refractivity contribution in [3.05, 3.63) is 34.9 Å². The zero-order valence-corrected chi connectivity index (χ0v) is 14.5. The fourth-order valence-electron chi connectivity index (χ4n) is 1.89. The van der Waals surface area contributed by atoms with E-state index >= 15 is 0 Å². The van der Waals surface area contributed by atoms with E-state index in [1.807, 2.05) is 6.92 Å². The molecule has 2 heteroatoms. The Balaban J connectivity index is 3.78. The van der Waals surface area contributed by atoms with Crippen molar-refractivity contribution in [2.45, 2.75) is 66.2 Å². The van der Waals surface area contributed by atoms with Gasteiger partial charge < -0.3 is 9.84 Å². The lowest BCUT2D eigenvalue weighted by atomic mass is 10.1. The second kappa shape index (κ2) is 14.1. The molecule has 0 saturated heterocycles. The average Bonchev–Trinajstić information content (AvgIpc) is 2.46. The van der Waals surface area contributed by atoms with Gasteiger partial charge in [-0.05, 0) is 52.9 Å². The number of hydrogen-bond donors (Lipinski definition) is 1. The number of aliphatic hydroxyl groups is 1. The summed E-state index contributed by atoms with van der Waals surface area (Å²) in [4.78, 5) is 0. The Kier molecular flexibility index (Phi) is 13.5. The predicted octanol–water partition coefficient (Wildman–Crippen LogP) is 5.19. The molecule has 122 valence electrons. The lowest BCUT2D eigenvalue weighted by Gasteiger charge is -2.03. The molecule has 0 aromatic heterocycles. The molecule has 0 aliphatic carbocycles. The first-order valence-electron chi connectivity index (χ1n) is 8.25. The largest absolute Gasteiger partial charge is 0.392 e. The standard InChI is InChI=1S/C19H34O2/c1-5-6-14-21-15-13-18(3)11-7-9-17(2)10-8-12-19(4)16-20/h9,12-13,20H,5-8,10-11,14-16H2,1-4H3/b17-9+,18-13+,19-12+. The lowest BCUT2D eigenvalue weighted by Crippen LogP contribution is -1.94. The Morgan fingerprint density at radius 2 is 1.48 bits per heavy atom. The van der Waals surface area contributed by atoms with Crippen molar-refractivity contribution in [1.29, 1.82) is 0 Å². The van der Waals surface area contributed by atoms with Crippen LogP contribution in [0.5, 0.6) is 0 Å². The summed E-state index contributed by atoms with van der Waals surface area (Å²) in [7, 11) is 0. The van der Waals surface area contributed by atoms with E-state index in [0.29, 0.717) is 0 Å². The first-order chi connectivity index (χ1) is 10.1. The quantitative estimate of drug-likeness (QED) is 0.396. The zero-order valence-electron chi connectivity index (χ0n) is 14.5. The normalized spacial score (nSPS) is 13.9. The molecule has 0 aliphatic heterocycles. The van der Waals surface area contributed by atoms with Crippen LogP contribution in [-0.4, -0.2) is 24.9 Å². The summed E-state index contributed by atoms with van der Waals surface area (Å²) in [5.74, 6) is 0. The Labute approximate surface area is 131 Å². The van der Waals surface area contributed by atoms with Crippen molar-refractivity contribution in [2.75, 3.05) is 19.8 Å². The SMILES string of the molecule is CCCCOC/C=C(\C)CC/C=C(\C)CC/C=C(\C)CO. The van der Waals surface area contributed by atoms with E-state index in [4.69, 9.17) is 9.84 Å². The van der Waals surface area contributed by atoms with Crippen LogP contribution in [0.25, 0.3) is 0 Å². The molecule has 0 aromatic carbocycles. The Morgan fingerprint density at radius 3 is 2.05 bits per heavy atom. The number of unbranched alkanes of at least 4 members (excludes halogenated alkanes) is 1. The van der Waals surface area contributed by atoms with Gasteiger partial charge in [-0.2, -0.15) is 0 Å². The summed E-state index contributed by atoms with van der Waals surface area (Å²) in [5, 5.41) is 8.92. The second-order valence-electron chi connectivity index (χ2n) is 5.82. The number of allylic oxidation sites excluding steroid dienone is 4. The highest BCUT2D eigenvalue weighted by Crippen LogP contribution is 2.11. The molecule has 0 spiro atoms. The first kappa shape index (κ1) is 20.1. The van der Waals surface area contributed by atoms with Gasteiger partial charge in [-0.25, -0.2) is 0 Å². The van der Waals surface area contributed by atoms with Crippen molar-refractivity contribution < 1.29 is 9.84 Å². The first-order valence-corrected chi connectivity index (χ1v) is 8.25. The highest BCUT2D eigenvalue weighted by Gasteiger charge is 1.93. The van der Waals surface area contributed by atoms with Crippen molar-refractivity contribution in [3.8, 4) is 0 Å². The van der Waals surface area contributed by atoms with Crippen LogP contribution >= 0.6 is 0 Å². The van der Waals surface area contributed by atoms with Crippen molar-refractivity contribution in [1.82, 2.24) is 0 Å². The average molecular weight is 294 g/mol. The summed E-state index contributed by atoms with van der Waals surface area (Å²) in [6.45, 7) is 10.3. The molecule has 0 fully saturated rings. The van der Waals surface area contributed by atoms with E-state index in [-0.39, 0.29) is 6.61 Å². The maximum Gasteiger partial charge on any atom is 0.0649 e. The predicted molar refractivity (Wildman–Crippen MR) is 92.6 cm³/mol. The van der Waals surface area contributed by atoms with Gasteiger partial charge in [-0.15, -0.1) is 0 Å². The summed E-state index contributed by atoms with van der Waals surface area (Å²) in [5.41, 5.74) is 3.90. The van der Waals surface area contributed by atoms with E-state index in [2.05, 4.69) is 39.0 Å². The number of aliphatic hydroxyl groups excluding tert-OH is 1. The van der Waals surface area contributed by atoms with Gasteiger partial charge in [0.15, 0.2) is 0 Å². The molecular formula is C19H34O2. The van der Waals surface area contributed by atoms with Crippen LogP contribution in [0.3, 0.4) is 0 Å². The van der Waals surface area contributed by atoms with E-state index < -0.39 is 0 Å². The van der Waals surface area contributed by atoms with Crippen LogP contribution < -0.4 is 0 Å². The van der Waals surface area contributed by atoms with Crippen LogP contribution in [-0.2, 0) is 4.74 Å². The van der Waals surface area contributed by atoms with E-state index in [9.17, 15) is 0 Å². The third kappa shape index (κ3) is 13.9. The molecule has 0 saturated carbocycles. The summed E-state index contributed by atoms with van der Waals surface area (Å²) >= 11 is 0. The molecule has 0 heterocycles. The Morgan fingerprint density at radius 1 is 0.905 bits per heavy atom. The summed E-state index contributed by atoms with van der Waals surface area (Å²) in [6.07, 6.45) is 13.3. The van der Waals surface area contributed by atoms with Crippen molar-refractivity contribution >= 4 is 0 Å². The van der Waals surface area contributed by atoms with Gasteiger partial charge in [0.25, 0.3) is 0 Å². The fraction of sp³-hybridized carbons (Fsp3) is 0.684. The molecule has 0 atom stereocenters. The number of hydrogen-bond acceptors (Lipinski definition) is 2. The molecule has 1 N–H and O–H groups in total. The molecule has 0 unspecified atom stereocenters. The molecule has 0 bridgehead atoms. The van der Waals surface area contributed by atoms with Crippen LogP contribution in [0.4, 0.5) is 0 Å². The molecule has 0 aliphatic rings. The third-order valence-corrected chi connectivity index (χ3v) is 3.50. The topological polar surface area (TPSA) is 29.5 Å². The minimum atomic E-state index is 0.174. The molecule has 0 radical (unpaired) electrons. The summed E-state index contributed by atoms with van der Waals surface area (Å²) in [6, 6.07) is 0. The van der Waals surface area contributed by atoms with E-state index in [0.717, 1.165) is 50.9 Å². The third-order valence-electron chi connectivity index (χ3n) is 3.50. The molecule has 21 heavy (non-hydrogen) atoms. The Hall–Kier alpha value is -0.860. The lowest BCUT2D eigenvalue weighted by molar-refractivity contribution is 0.158. The highest BCUT2D eigenvalue weighted by atomic mass is 16.5. The monoisotopic (exact) mass is 294 g/mol. The fourth-order valence-corrected chi connectivity index (χ4v) is 1.89. The van der Waals surface area contributed by atoms with Crippen LogP contribution in [0.15, 0.2) is 34.9 Å². The maximum atomic E-state index is 8.92. The van der Waals surface area contributed by atoms with Gasteiger partial charge in [0.1, 0.15) is 0 Å². The van der Waals surface area contributed by atoms with Crippen molar-refractivity contribution in [3.63, 3.8) is 0 Å². The van der Waals surface area contributed by atoms with Gasteiger partial charge >= 0.3 is 0 Å². The molecule has 0 aromatic rings. The zero-order chi connectivity index (χ0) is 15.9. The van der Waals surface area contributed by atoms with Gasteiger partial charge in [0.2, 0.25) is 0 Å². The molecule has 0 amide bonds. The van der Waals surface area contributed by atoms with Gasteiger partial charge in [-0.1, -0.05) is 48.3 Å². The molecule has 2 nitrogen and oxygen atoms in total.